The third-order valence-corrected chi connectivity index (χ3v) is 16.3. The SMILES string of the molecule is CCCCCCCCCCCCCC(=O)OCCCCCCCCCCCCCCCCC/C=C\C/C=C\CCCCCCCCCCCCCCCCCCCC(=O)NC(CO)C(O)CCCCCCCCCCC. The number of amides is 1. The van der Waals surface area contributed by atoms with Crippen LogP contribution in [0, 0.1) is 0 Å². The Morgan fingerprint density at radius 2 is 0.658 bits per heavy atom. The van der Waals surface area contributed by atoms with Crippen LogP contribution in [0.1, 0.15) is 386 Å². The van der Waals surface area contributed by atoms with E-state index >= 15 is 0 Å². The topological polar surface area (TPSA) is 95.9 Å². The third-order valence-electron chi connectivity index (χ3n) is 16.3. The lowest BCUT2D eigenvalue weighted by molar-refractivity contribution is -0.143. The maximum atomic E-state index is 12.4. The van der Waals surface area contributed by atoms with Gasteiger partial charge in [-0.2, -0.15) is 0 Å². The molecule has 0 aliphatic heterocycles. The summed E-state index contributed by atoms with van der Waals surface area (Å²) in [6.07, 6.45) is 82.6. The van der Waals surface area contributed by atoms with E-state index in [9.17, 15) is 19.8 Å². The van der Waals surface area contributed by atoms with Crippen molar-refractivity contribution in [3.05, 3.63) is 24.3 Å². The molecule has 1 amide bonds. The molecule has 0 aromatic carbocycles. The molecule has 6 heteroatoms. The smallest absolute Gasteiger partial charge is 0.305 e. The number of hydrogen-bond acceptors (Lipinski definition) is 5. The first-order valence-electron chi connectivity index (χ1n) is 34.6. The van der Waals surface area contributed by atoms with Gasteiger partial charge in [0, 0.05) is 12.8 Å². The molecule has 0 radical (unpaired) electrons. The molecule has 0 rings (SSSR count). The van der Waals surface area contributed by atoms with E-state index in [-0.39, 0.29) is 18.5 Å². The molecule has 0 aromatic heterocycles. The highest BCUT2D eigenvalue weighted by Gasteiger charge is 2.20. The van der Waals surface area contributed by atoms with Gasteiger partial charge >= 0.3 is 5.97 Å². The van der Waals surface area contributed by atoms with Crippen LogP contribution in [-0.4, -0.2) is 47.4 Å². The molecule has 0 aliphatic carbocycles. The molecule has 0 saturated carbocycles. The second kappa shape index (κ2) is 65.9. The van der Waals surface area contributed by atoms with E-state index in [0.29, 0.717) is 25.9 Å². The number of aliphatic hydroxyl groups is 2. The van der Waals surface area contributed by atoms with E-state index < -0.39 is 12.1 Å². The Balaban J connectivity index is 3.32. The van der Waals surface area contributed by atoms with Crippen LogP contribution in [0.15, 0.2) is 24.3 Å². The number of nitrogens with one attached hydrogen (secondary N) is 1. The third kappa shape index (κ3) is 61.6. The fourth-order valence-corrected chi connectivity index (χ4v) is 11.0. The molecule has 0 heterocycles. The van der Waals surface area contributed by atoms with E-state index in [0.717, 1.165) is 44.9 Å². The van der Waals surface area contributed by atoms with Crippen molar-refractivity contribution in [3.63, 3.8) is 0 Å². The zero-order valence-electron chi connectivity index (χ0n) is 51.5. The molecule has 0 saturated heterocycles. The molecule has 0 bridgehead atoms. The van der Waals surface area contributed by atoms with Gasteiger partial charge in [0.1, 0.15) is 0 Å². The second-order valence-corrected chi connectivity index (χ2v) is 23.9. The van der Waals surface area contributed by atoms with Crippen LogP contribution >= 0.6 is 0 Å². The first kappa shape index (κ1) is 74.3. The minimum atomic E-state index is -0.659. The molecule has 6 nitrogen and oxygen atoms in total. The highest BCUT2D eigenvalue weighted by Crippen LogP contribution is 2.19. The van der Waals surface area contributed by atoms with E-state index in [1.165, 1.54) is 308 Å². The van der Waals surface area contributed by atoms with Gasteiger partial charge in [-0.15, -0.1) is 0 Å². The van der Waals surface area contributed by atoms with Crippen molar-refractivity contribution in [1.82, 2.24) is 5.32 Å². The maximum Gasteiger partial charge on any atom is 0.305 e. The lowest BCUT2D eigenvalue weighted by Gasteiger charge is -2.22. The van der Waals surface area contributed by atoms with Gasteiger partial charge in [-0.25, -0.2) is 0 Å². The molecule has 0 aliphatic rings. The van der Waals surface area contributed by atoms with Crippen LogP contribution in [0.2, 0.25) is 0 Å². The van der Waals surface area contributed by atoms with Gasteiger partial charge in [0.05, 0.1) is 25.4 Å². The van der Waals surface area contributed by atoms with Gasteiger partial charge in [0.2, 0.25) is 5.91 Å². The Bertz CT molecular complexity index is 1190. The number of allylic oxidation sites excluding steroid dienone is 4. The van der Waals surface area contributed by atoms with Gasteiger partial charge < -0.3 is 20.3 Å². The Morgan fingerprint density at radius 1 is 0.368 bits per heavy atom. The summed E-state index contributed by atoms with van der Waals surface area (Å²) in [5.74, 6) is -0.0123. The number of carbonyl (C=O) groups excluding carboxylic acids is 2. The Labute approximate surface area is 475 Å². The lowest BCUT2D eigenvalue weighted by Crippen LogP contribution is -2.45. The minimum Gasteiger partial charge on any atom is -0.466 e. The Kier molecular flexibility index (Phi) is 64.4. The number of aliphatic hydroxyl groups excluding tert-OH is 2. The summed E-state index contributed by atoms with van der Waals surface area (Å²) in [4.78, 5) is 24.4. The molecule has 2 atom stereocenters. The number of ether oxygens (including phenoxy) is 1. The highest BCUT2D eigenvalue weighted by atomic mass is 16.5. The van der Waals surface area contributed by atoms with Crippen molar-refractivity contribution in [3.8, 4) is 0 Å². The largest absolute Gasteiger partial charge is 0.466 e. The van der Waals surface area contributed by atoms with E-state index in [2.05, 4.69) is 43.5 Å². The van der Waals surface area contributed by atoms with E-state index in [4.69, 9.17) is 4.74 Å². The summed E-state index contributed by atoms with van der Waals surface area (Å²) in [6.45, 7) is 4.95. The van der Waals surface area contributed by atoms with Gasteiger partial charge in [0.25, 0.3) is 0 Å². The highest BCUT2D eigenvalue weighted by molar-refractivity contribution is 5.76. The number of esters is 1. The average molecular weight is 1070 g/mol. The molecule has 0 fully saturated rings. The van der Waals surface area contributed by atoms with Gasteiger partial charge in [0.15, 0.2) is 0 Å². The molecular formula is C70H135NO5. The average Bonchev–Trinajstić information content (AvgIpc) is 3.42. The van der Waals surface area contributed by atoms with E-state index in [1.54, 1.807) is 0 Å². The molecule has 2 unspecified atom stereocenters. The molecule has 0 aromatic rings. The lowest BCUT2D eigenvalue weighted by atomic mass is 10.0. The molecule has 3 N–H and O–H groups in total. The first-order chi connectivity index (χ1) is 37.5. The van der Waals surface area contributed by atoms with Gasteiger partial charge in [-0.3, -0.25) is 9.59 Å². The van der Waals surface area contributed by atoms with Crippen molar-refractivity contribution >= 4 is 11.9 Å². The second-order valence-electron chi connectivity index (χ2n) is 23.9. The Hall–Kier alpha value is -1.66. The summed E-state index contributed by atoms with van der Waals surface area (Å²) >= 11 is 0. The van der Waals surface area contributed by atoms with Gasteiger partial charge in [-0.1, -0.05) is 340 Å². The predicted octanol–water partition coefficient (Wildman–Crippen LogP) is 22.1. The van der Waals surface area contributed by atoms with Crippen LogP contribution < -0.4 is 5.32 Å². The first-order valence-corrected chi connectivity index (χ1v) is 34.6. The summed E-state index contributed by atoms with van der Waals surface area (Å²) < 4.78 is 5.47. The fraction of sp³-hybridized carbons (Fsp3) is 0.914. The van der Waals surface area contributed by atoms with Crippen molar-refractivity contribution in [2.45, 2.75) is 398 Å². The summed E-state index contributed by atoms with van der Waals surface area (Å²) in [7, 11) is 0. The summed E-state index contributed by atoms with van der Waals surface area (Å²) in [5, 5.41) is 23.1. The number of unbranched alkanes of at least 4 members (excludes halogenated alkanes) is 50. The Morgan fingerprint density at radius 3 is 1.00 bits per heavy atom. The van der Waals surface area contributed by atoms with Crippen LogP contribution in [0.5, 0.6) is 0 Å². The van der Waals surface area contributed by atoms with Crippen LogP contribution in [0.3, 0.4) is 0 Å². The normalized spacial score (nSPS) is 12.6. The standard InChI is InChI=1S/C70H135NO5/c1-3-5-7-9-11-13-43-48-52-56-60-64-70(75)76-65-61-57-53-49-45-42-40-38-36-34-32-30-28-26-24-22-20-18-16-14-15-17-19-21-23-25-27-29-31-33-35-37-39-41-44-47-51-55-59-63-69(74)71-67(66-72)68(73)62-58-54-50-46-12-10-8-6-4-2/h14-15,18,20,67-68,72-73H,3-13,16-17,19,21-66H2,1-2H3,(H,71,74)/b15-14-,20-18-. The van der Waals surface area contributed by atoms with Crippen LogP contribution in [0.25, 0.3) is 0 Å². The fourth-order valence-electron chi connectivity index (χ4n) is 11.0. The van der Waals surface area contributed by atoms with Crippen LogP contribution in [-0.2, 0) is 14.3 Å². The number of rotatable bonds is 65. The molecular weight excluding hydrogens is 935 g/mol. The quantitative estimate of drug-likeness (QED) is 0.0320. The van der Waals surface area contributed by atoms with Crippen molar-refractivity contribution in [1.29, 1.82) is 0 Å². The van der Waals surface area contributed by atoms with Crippen molar-refractivity contribution in [2.24, 2.45) is 0 Å². The van der Waals surface area contributed by atoms with E-state index in [1.807, 2.05) is 0 Å². The van der Waals surface area contributed by atoms with Crippen molar-refractivity contribution in [2.75, 3.05) is 13.2 Å². The van der Waals surface area contributed by atoms with Crippen LogP contribution in [0.4, 0.5) is 0 Å². The minimum absolute atomic E-state index is 0.0203. The maximum absolute atomic E-state index is 12.4. The summed E-state index contributed by atoms with van der Waals surface area (Å²) in [6, 6.07) is -0.536. The summed E-state index contributed by atoms with van der Waals surface area (Å²) in [5.41, 5.74) is 0. The predicted molar refractivity (Wildman–Crippen MR) is 333 cm³/mol. The number of carbonyl (C=O) groups is 2. The molecule has 450 valence electrons. The molecule has 76 heavy (non-hydrogen) atoms. The zero-order chi connectivity index (χ0) is 55.0. The van der Waals surface area contributed by atoms with Gasteiger partial charge in [-0.05, 0) is 57.8 Å². The van der Waals surface area contributed by atoms with Crippen molar-refractivity contribution < 1.29 is 24.5 Å². The zero-order valence-corrected chi connectivity index (χ0v) is 51.5. The molecule has 0 spiro atoms. The monoisotopic (exact) mass is 1070 g/mol. The number of hydrogen-bond donors (Lipinski definition) is 3.